The van der Waals surface area contributed by atoms with Crippen LogP contribution in [0.2, 0.25) is 0 Å². The van der Waals surface area contributed by atoms with Gasteiger partial charge in [0.1, 0.15) is 6.04 Å². The predicted octanol–water partition coefficient (Wildman–Crippen LogP) is 4.13. The van der Waals surface area contributed by atoms with Crippen molar-refractivity contribution >= 4 is 22.0 Å². The van der Waals surface area contributed by atoms with Crippen LogP contribution in [-0.2, 0) is 6.42 Å². The van der Waals surface area contributed by atoms with E-state index in [1.54, 1.807) is 11.3 Å². The molecule has 1 aromatic heterocycles. The standard InChI is InChI=1S/C21H23N3OS/c1-2-15-12-23-21(26-15)24-18(11-22)20(19(24)13-25)17-10-6-5-9-16(17)14-7-3-4-8-14/h5-7,9-10,12,18-20,25H,2-4,8,13H2,1H3/t18-,19-,20+/m0/s1. The molecule has 1 aliphatic carbocycles. The van der Waals surface area contributed by atoms with Gasteiger partial charge in [-0.1, -0.05) is 37.3 Å². The van der Waals surface area contributed by atoms with Crippen molar-refractivity contribution in [2.75, 3.05) is 11.5 Å². The molecule has 2 heterocycles. The maximum Gasteiger partial charge on any atom is 0.186 e. The monoisotopic (exact) mass is 365 g/mol. The lowest BCUT2D eigenvalue weighted by atomic mass is 9.73. The summed E-state index contributed by atoms with van der Waals surface area (Å²) < 4.78 is 0. The van der Waals surface area contributed by atoms with E-state index in [-0.39, 0.29) is 24.6 Å². The largest absolute Gasteiger partial charge is 0.394 e. The van der Waals surface area contributed by atoms with E-state index in [1.165, 1.54) is 28.0 Å². The van der Waals surface area contributed by atoms with E-state index in [2.05, 4.69) is 42.3 Å². The van der Waals surface area contributed by atoms with Crippen molar-refractivity contribution in [3.63, 3.8) is 0 Å². The van der Waals surface area contributed by atoms with Crippen molar-refractivity contribution in [1.82, 2.24) is 4.98 Å². The van der Waals surface area contributed by atoms with E-state index in [0.717, 1.165) is 24.4 Å². The highest BCUT2D eigenvalue weighted by atomic mass is 32.1. The molecule has 5 heteroatoms. The highest BCUT2D eigenvalue weighted by Crippen LogP contribution is 2.47. The zero-order valence-corrected chi connectivity index (χ0v) is 15.7. The van der Waals surface area contributed by atoms with E-state index < -0.39 is 0 Å². The summed E-state index contributed by atoms with van der Waals surface area (Å²) in [6.45, 7) is 2.13. The quantitative estimate of drug-likeness (QED) is 0.865. The Morgan fingerprint density at radius 2 is 2.23 bits per heavy atom. The minimum Gasteiger partial charge on any atom is -0.394 e. The Labute approximate surface area is 158 Å². The summed E-state index contributed by atoms with van der Waals surface area (Å²) in [4.78, 5) is 7.71. The lowest BCUT2D eigenvalue weighted by Gasteiger charge is -2.52. The van der Waals surface area contributed by atoms with Crippen LogP contribution in [0.4, 0.5) is 5.13 Å². The first-order valence-corrected chi connectivity index (χ1v) is 10.1. The number of aliphatic hydroxyl groups is 1. The number of hydrogen-bond acceptors (Lipinski definition) is 5. The first kappa shape index (κ1) is 17.3. The van der Waals surface area contributed by atoms with Gasteiger partial charge in [0.2, 0.25) is 0 Å². The van der Waals surface area contributed by atoms with Crippen molar-refractivity contribution in [1.29, 1.82) is 5.26 Å². The fourth-order valence-corrected chi connectivity index (χ4v) is 5.16. The summed E-state index contributed by atoms with van der Waals surface area (Å²) in [5, 5.41) is 20.8. The zero-order chi connectivity index (χ0) is 18.1. The Kier molecular flexibility index (Phi) is 4.80. The van der Waals surface area contributed by atoms with Gasteiger partial charge in [-0.3, -0.25) is 0 Å². The molecule has 26 heavy (non-hydrogen) atoms. The molecule has 4 rings (SSSR count). The molecule has 1 aliphatic heterocycles. The molecule has 1 saturated heterocycles. The average Bonchev–Trinajstić information content (AvgIpc) is 3.34. The van der Waals surface area contributed by atoms with Gasteiger partial charge in [-0.15, -0.1) is 11.3 Å². The van der Waals surface area contributed by atoms with Crippen molar-refractivity contribution in [2.24, 2.45) is 0 Å². The average molecular weight is 366 g/mol. The molecule has 3 atom stereocenters. The number of benzene rings is 1. The summed E-state index contributed by atoms with van der Waals surface area (Å²) >= 11 is 1.62. The van der Waals surface area contributed by atoms with Gasteiger partial charge in [0.25, 0.3) is 0 Å². The maximum atomic E-state index is 10.1. The van der Waals surface area contributed by atoms with Crippen molar-refractivity contribution in [3.05, 3.63) is 52.5 Å². The molecule has 0 bridgehead atoms. The molecule has 0 radical (unpaired) electrons. The number of aromatic nitrogens is 1. The molecular formula is C21H23N3OS. The predicted molar refractivity (Wildman–Crippen MR) is 105 cm³/mol. The SMILES string of the molecule is CCc1cnc(N2[C@@H](C#N)[C@@H](c3ccccc3C3=CCCC3)[C@@H]2CO)s1. The molecule has 1 N–H and O–H groups in total. The second-order valence-corrected chi connectivity index (χ2v) is 8.02. The Morgan fingerprint density at radius 3 is 2.88 bits per heavy atom. The van der Waals surface area contributed by atoms with Crippen molar-refractivity contribution in [2.45, 2.75) is 50.6 Å². The number of allylic oxidation sites excluding steroid dienone is 2. The third kappa shape index (κ3) is 2.74. The number of hydrogen-bond donors (Lipinski definition) is 1. The van der Waals surface area contributed by atoms with Crippen LogP contribution in [0, 0.1) is 11.3 Å². The van der Waals surface area contributed by atoms with E-state index >= 15 is 0 Å². The fourth-order valence-electron chi connectivity index (χ4n) is 4.22. The Morgan fingerprint density at radius 1 is 1.38 bits per heavy atom. The topological polar surface area (TPSA) is 60.2 Å². The number of aliphatic hydroxyl groups excluding tert-OH is 1. The van der Waals surface area contributed by atoms with Gasteiger partial charge in [-0.2, -0.15) is 5.26 Å². The van der Waals surface area contributed by atoms with Crippen LogP contribution in [0.5, 0.6) is 0 Å². The van der Waals surface area contributed by atoms with E-state index in [1.807, 2.05) is 17.2 Å². The van der Waals surface area contributed by atoms with Crippen LogP contribution in [0.3, 0.4) is 0 Å². The normalized spacial score (nSPS) is 24.9. The zero-order valence-electron chi connectivity index (χ0n) is 14.9. The fraction of sp³-hybridized carbons (Fsp3) is 0.429. The molecule has 1 fully saturated rings. The molecule has 0 amide bonds. The summed E-state index contributed by atoms with van der Waals surface area (Å²) in [5.41, 5.74) is 3.83. The molecule has 0 saturated carbocycles. The molecular weight excluding hydrogens is 342 g/mol. The molecule has 1 aromatic carbocycles. The summed E-state index contributed by atoms with van der Waals surface area (Å²) in [6, 6.07) is 10.5. The summed E-state index contributed by atoms with van der Waals surface area (Å²) in [6.07, 6.45) is 8.56. The van der Waals surface area contributed by atoms with Gasteiger partial charge in [0.05, 0.1) is 18.7 Å². The maximum absolute atomic E-state index is 10.1. The van der Waals surface area contributed by atoms with Gasteiger partial charge in [0.15, 0.2) is 5.13 Å². The van der Waals surface area contributed by atoms with Crippen LogP contribution in [0.1, 0.15) is 48.1 Å². The van der Waals surface area contributed by atoms with Gasteiger partial charge in [-0.25, -0.2) is 4.98 Å². The minimum atomic E-state index is -0.286. The molecule has 0 unspecified atom stereocenters. The van der Waals surface area contributed by atoms with Gasteiger partial charge >= 0.3 is 0 Å². The molecule has 2 aromatic rings. The van der Waals surface area contributed by atoms with Gasteiger partial charge < -0.3 is 10.0 Å². The van der Waals surface area contributed by atoms with Crippen molar-refractivity contribution < 1.29 is 5.11 Å². The van der Waals surface area contributed by atoms with Crippen LogP contribution in [0.25, 0.3) is 5.57 Å². The number of rotatable bonds is 5. The summed E-state index contributed by atoms with van der Waals surface area (Å²) in [5.74, 6) is 0.0108. The number of thiazole rings is 1. The Balaban J connectivity index is 1.70. The first-order chi connectivity index (χ1) is 12.8. The highest BCUT2D eigenvalue weighted by molar-refractivity contribution is 7.15. The highest BCUT2D eigenvalue weighted by Gasteiger charge is 2.51. The van der Waals surface area contributed by atoms with Crippen LogP contribution in [0.15, 0.2) is 36.5 Å². The van der Waals surface area contributed by atoms with Gasteiger partial charge in [-0.05, 0) is 42.4 Å². The first-order valence-electron chi connectivity index (χ1n) is 9.30. The van der Waals surface area contributed by atoms with Crippen LogP contribution >= 0.6 is 11.3 Å². The van der Waals surface area contributed by atoms with E-state index in [9.17, 15) is 10.4 Å². The van der Waals surface area contributed by atoms with E-state index in [0.29, 0.717) is 0 Å². The van der Waals surface area contributed by atoms with Crippen LogP contribution < -0.4 is 4.90 Å². The van der Waals surface area contributed by atoms with Crippen LogP contribution in [-0.4, -0.2) is 28.8 Å². The number of aryl methyl sites for hydroxylation is 1. The number of nitrogens with zero attached hydrogens (tertiary/aromatic N) is 3. The lowest BCUT2D eigenvalue weighted by Crippen LogP contribution is -2.63. The summed E-state index contributed by atoms with van der Waals surface area (Å²) in [7, 11) is 0. The second-order valence-electron chi connectivity index (χ2n) is 6.93. The Hall–Kier alpha value is -2.16. The molecule has 0 spiro atoms. The molecule has 134 valence electrons. The molecule has 2 aliphatic rings. The Bertz CT molecular complexity index is 866. The molecule has 4 nitrogen and oxygen atoms in total. The van der Waals surface area contributed by atoms with Gasteiger partial charge in [0, 0.05) is 17.0 Å². The number of nitriles is 1. The third-order valence-electron chi connectivity index (χ3n) is 5.55. The smallest absolute Gasteiger partial charge is 0.186 e. The van der Waals surface area contributed by atoms with Crippen molar-refractivity contribution in [3.8, 4) is 6.07 Å². The lowest BCUT2D eigenvalue weighted by molar-refractivity contribution is 0.187. The van der Waals surface area contributed by atoms with E-state index in [4.69, 9.17) is 0 Å². The number of anilines is 1. The third-order valence-corrected chi connectivity index (χ3v) is 6.70. The minimum absolute atomic E-state index is 0.0108. The second kappa shape index (κ2) is 7.22.